The van der Waals surface area contributed by atoms with Gasteiger partial charge >= 0.3 is 6.09 Å². The molecule has 0 aromatic rings. The first kappa shape index (κ1) is 27.3. The number of primary amides is 1. The number of nitrogens with one attached hydrogen (secondary N) is 3. The Balaban J connectivity index is 0.00000408. The van der Waals surface area contributed by atoms with E-state index in [1.807, 2.05) is 0 Å². The normalized spacial score (nSPS) is 34.7. The van der Waals surface area contributed by atoms with Crippen LogP contribution in [0.3, 0.4) is 0 Å². The van der Waals surface area contributed by atoms with Crippen LogP contribution in [0.25, 0.3) is 0 Å². The van der Waals surface area contributed by atoms with Crippen molar-refractivity contribution in [2.45, 2.75) is 48.8 Å². The summed E-state index contributed by atoms with van der Waals surface area (Å²) in [5.74, 6) is -0.873. The third-order valence-corrected chi connectivity index (χ3v) is 5.65. The van der Waals surface area contributed by atoms with Gasteiger partial charge in [0.05, 0.1) is 25.1 Å². The van der Waals surface area contributed by atoms with Crippen LogP contribution in [0, 0.1) is 0 Å². The van der Waals surface area contributed by atoms with Crippen LogP contribution in [0.2, 0.25) is 0 Å². The highest BCUT2D eigenvalue weighted by Gasteiger charge is 2.51. The standard InChI is InChI=1S/C17H28N8O8.ClH/c1-25(8(28)3-20-5-18)11-12(29)13(33-16(19)31)7(4-26)32-15(11)24-17-22-9-6(27)2-21-14(30)10(9)23-17;/h5-7,9-13,15,26-27,29H,2-4H2,1H3,(H2,18,20)(H2,19,31)(H,21,30)(H2,22,23,24);1H/t6?,7-,9?,10?,11-,12+,13+,15-;/m1./s1. The molecule has 3 amide bonds. The minimum Gasteiger partial charge on any atom is -0.441 e. The molecule has 0 radical (unpaired) electrons. The molecule has 0 aromatic heterocycles. The highest BCUT2D eigenvalue weighted by Crippen LogP contribution is 2.26. The fourth-order valence-electron chi connectivity index (χ4n) is 4.00. The van der Waals surface area contributed by atoms with Gasteiger partial charge in [0.15, 0.2) is 24.3 Å². The SMILES string of the molecule is CN(C(=O)CN=CN)[C@@H]1[C@H](O)[C@@H](OC(N)=O)[C@@H](CO)O[C@H]1NC1=NC2C(=O)NCC(O)C2N1.Cl. The Kier molecular flexibility index (Phi) is 9.22. The molecule has 0 bridgehead atoms. The van der Waals surface area contributed by atoms with E-state index in [4.69, 9.17) is 20.9 Å². The van der Waals surface area contributed by atoms with Crippen LogP contribution in [0.4, 0.5) is 4.79 Å². The van der Waals surface area contributed by atoms with E-state index in [1.165, 1.54) is 7.05 Å². The second kappa shape index (κ2) is 11.5. The Morgan fingerprint density at radius 1 is 1.44 bits per heavy atom. The summed E-state index contributed by atoms with van der Waals surface area (Å²) in [6, 6.07) is -2.77. The number of guanidine groups is 1. The van der Waals surface area contributed by atoms with Gasteiger partial charge in [0.2, 0.25) is 11.8 Å². The zero-order chi connectivity index (χ0) is 24.3. The maximum Gasteiger partial charge on any atom is 0.404 e. The molecule has 34 heavy (non-hydrogen) atoms. The van der Waals surface area contributed by atoms with E-state index in [0.29, 0.717) is 0 Å². The Labute approximate surface area is 200 Å². The summed E-state index contributed by atoms with van der Waals surface area (Å²) in [7, 11) is 1.36. The third kappa shape index (κ3) is 5.58. The van der Waals surface area contributed by atoms with E-state index in [2.05, 4.69) is 25.9 Å². The van der Waals surface area contributed by atoms with Gasteiger partial charge in [-0.1, -0.05) is 0 Å². The molecule has 8 atom stereocenters. The van der Waals surface area contributed by atoms with Crippen molar-refractivity contribution in [1.82, 2.24) is 20.9 Å². The number of aliphatic hydroxyl groups is 3. The summed E-state index contributed by atoms with van der Waals surface area (Å²) in [6.45, 7) is -0.931. The number of likely N-dealkylation sites (N-methyl/N-ethyl adjacent to an activating group) is 1. The molecule has 3 rings (SSSR count). The van der Waals surface area contributed by atoms with E-state index in [9.17, 15) is 29.7 Å². The quantitative estimate of drug-likeness (QED) is 0.124. The number of amides is 3. The average molecular weight is 509 g/mol. The average Bonchev–Trinajstić information content (AvgIpc) is 3.21. The van der Waals surface area contributed by atoms with Crippen molar-refractivity contribution in [2.75, 3.05) is 26.7 Å². The zero-order valence-electron chi connectivity index (χ0n) is 18.1. The van der Waals surface area contributed by atoms with E-state index >= 15 is 0 Å². The molecule has 10 N–H and O–H groups in total. The van der Waals surface area contributed by atoms with Gasteiger partial charge in [-0.25, -0.2) is 9.79 Å². The van der Waals surface area contributed by atoms with Crippen LogP contribution < -0.4 is 27.4 Å². The largest absolute Gasteiger partial charge is 0.441 e. The molecule has 2 saturated heterocycles. The summed E-state index contributed by atoms with van der Waals surface area (Å²) in [4.78, 5) is 45.0. The number of fused-ring (bicyclic) bond motifs is 1. The van der Waals surface area contributed by atoms with Crippen molar-refractivity contribution >= 4 is 42.6 Å². The molecule has 3 aliphatic heterocycles. The summed E-state index contributed by atoms with van der Waals surface area (Å²) in [5, 5.41) is 39.1. The number of nitrogens with two attached hydrogens (primary N) is 2. The van der Waals surface area contributed by atoms with Crippen molar-refractivity contribution < 1.29 is 39.2 Å². The van der Waals surface area contributed by atoms with Crippen molar-refractivity contribution in [3.05, 3.63) is 0 Å². The molecule has 16 nitrogen and oxygen atoms in total. The van der Waals surface area contributed by atoms with Gasteiger partial charge in [-0.2, -0.15) is 0 Å². The van der Waals surface area contributed by atoms with Crippen molar-refractivity contribution in [1.29, 1.82) is 0 Å². The molecule has 192 valence electrons. The van der Waals surface area contributed by atoms with Gasteiger partial charge in [-0.3, -0.25) is 14.6 Å². The summed E-state index contributed by atoms with van der Waals surface area (Å²) < 4.78 is 10.7. The van der Waals surface area contributed by atoms with Crippen molar-refractivity contribution in [2.24, 2.45) is 21.5 Å². The second-order valence-electron chi connectivity index (χ2n) is 7.70. The Bertz CT molecular complexity index is 831. The second-order valence-corrected chi connectivity index (χ2v) is 7.70. The fraction of sp³-hybridized carbons (Fsp3) is 0.706. The lowest BCUT2D eigenvalue weighted by Gasteiger charge is -2.46. The molecule has 2 fully saturated rings. The smallest absolute Gasteiger partial charge is 0.404 e. The molecule has 0 aliphatic carbocycles. The first-order chi connectivity index (χ1) is 15.7. The predicted octanol–water partition coefficient (Wildman–Crippen LogP) is -5.46. The highest BCUT2D eigenvalue weighted by atomic mass is 35.5. The number of carbonyl (C=O) groups excluding carboxylic acids is 3. The van der Waals surface area contributed by atoms with Gasteiger partial charge < -0.3 is 57.1 Å². The monoisotopic (exact) mass is 508 g/mol. The maximum atomic E-state index is 12.5. The lowest BCUT2D eigenvalue weighted by molar-refractivity contribution is -0.214. The number of halogens is 1. The molecule has 0 aromatic carbocycles. The van der Waals surface area contributed by atoms with Crippen LogP contribution in [-0.2, 0) is 19.1 Å². The zero-order valence-corrected chi connectivity index (χ0v) is 18.9. The van der Waals surface area contributed by atoms with Gasteiger partial charge in [0, 0.05) is 13.6 Å². The fourth-order valence-corrected chi connectivity index (χ4v) is 4.00. The topological polar surface area (TPSA) is 246 Å². The number of β-amino-alcohol motifs (C(OH)–C–C–N with tert-alkyl or cyclic N) is 1. The highest BCUT2D eigenvalue weighted by molar-refractivity contribution is 5.92. The first-order valence-electron chi connectivity index (χ1n) is 10.1. The molecular weight excluding hydrogens is 480 g/mol. The number of nitrogens with zero attached hydrogens (tertiary/aromatic N) is 3. The molecule has 0 spiro atoms. The number of carbonyl (C=O) groups is 3. The number of aliphatic hydroxyl groups excluding tert-OH is 3. The van der Waals surface area contributed by atoms with Crippen LogP contribution in [-0.4, -0.2) is 126 Å². The van der Waals surface area contributed by atoms with E-state index in [0.717, 1.165) is 11.2 Å². The van der Waals surface area contributed by atoms with Gasteiger partial charge in [-0.15, -0.1) is 12.4 Å². The summed E-state index contributed by atoms with van der Waals surface area (Å²) >= 11 is 0. The van der Waals surface area contributed by atoms with E-state index in [-0.39, 0.29) is 37.4 Å². The number of hydrogen-bond donors (Lipinski definition) is 8. The van der Waals surface area contributed by atoms with Gasteiger partial charge in [-0.05, 0) is 0 Å². The number of rotatable bonds is 6. The number of hydrogen-bond acceptors (Lipinski definition) is 12. The summed E-state index contributed by atoms with van der Waals surface area (Å²) in [5.41, 5.74) is 10.3. The predicted molar refractivity (Wildman–Crippen MR) is 118 cm³/mol. The minimum atomic E-state index is -1.55. The maximum absolute atomic E-state index is 12.5. The van der Waals surface area contributed by atoms with Gasteiger partial charge in [0.25, 0.3) is 0 Å². The summed E-state index contributed by atoms with van der Waals surface area (Å²) in [6.07, 6.45) is -6.49. The third-order valence-electron chi connectivity index (χ3n) is 5.65. The van der Waals surface area contributed by atoms with Gasteiger partial charge in [0.1, 0.15) is 24.8 Å². The van der Waals surface area contributed by atoms with Crippen molar-refractivity contribution in [3.63, 3.8) is 0 Å². The Morgan fingerprint density at radius 2 is 2.15 bits per heavy atom. The minimum absolute atomic E-state index is 0. The molecule has 3 heterocycles. The number of ether oxygens (including phenoxy) is 2. The van der Waals surface area contributed by atoms with Crippen molar-refractivity contribution in [3.8, 4) is 0 Å². The molecule has 3 aliphatic rings. The van der Waals surface area contributed by atoms with Crippen LogP contribution >= 0.6 is 12.4 Å². The number of aliphatic imine (C=N–C) groups is 2. The first-order valence-corrected chi connectivity index (χ1v) is 10.1. The molecule has 3 unspecified atom stereocenters. The Hall–Kier alpha value is -2.92. The number of piperidine rings is 1. The van der Waals surface area contributed by atoms with E-state index in [1.54, 1.807) is 0 Å². The molecule has 0 saturated carbocycles. The lowest BCUT2D eigenvalue weighted by atomic mass is 9.94. The lowest BCUT2D eigenvalue weighted by Crippen LogP contribution is -2.70. The Morgan fingerprint density at radius 3 is 2.74 bits per heavy atom. The van der Waals surface area contributed by atoms with Crippen LogP contribution in [0.15, 0.2) is 9.98 Å². The molecular formula is C17H29ClN8O8. The molecule has 17 heteroatoms. The van der Waals surface area contributed by atoms with E-state index < -0.39 is 67.4 Å². The van der Waals surface area contributed by atoms with Crippen LogP contribution in [0.5, 0.6) is 0 Å². The van der Waals surface area contributed by atoms with Crippen LogP contribution in [0.1, 0.15) is 0 Å².